The molecule has 2 aromatic rings. The molecule has 0 fully saturated rings. The van der Waals surface area contributed by atoms with E-state index in [1.165, 1.54) is 75.9 Å². The van der Waals surface area contributed by atoms with E-state index in [2.05, 4.69) is 61.5 Å². The van der Waals surface area contributed by atoms with Crippen LogP contribution in [-0.4, -0.2) is 36.3 Å². The van der Waals surface area contributed by atoms with E-state index in [4.69, 9.17) is 15.0 Å². The van der Waals surface area contributed by atoms with Crippen LogP contribution in [0.4, 0.5) is 4.79 Å². The molecule has 4 N–H and O–H groups in total. The monoisotopic (exact) mass is 478 g/mol. The molecule has 34 heavy (non-hydrogen) atoms. The largest absolute Gasteiger partial charge is 0.503 e. The van der Waals surface area contributed by atoms with Crippen LogP contribution in [0.15, 0.2) is 24.8 Å². The molecule has 2 aromatic heterocycles. The molecule has 0 aliphatic heterocycles. The molecule has 0 radical (unpaired) electrons. The maximum Gasteiger partial charge on any atom is 0.503 e. The summed E-state index contributed by atoms with van der Waals surface area (Å²) in [6, 6.07) is 0. The van der Waals surface area contributed by atoms with E-state index in [1.54, 1.807) is 0 Å². The van der Waals surface area contributed by atoms with E-state index >= 15 is 0 Å². The summed E-state index contributed by atoms with van der Waals surface area (Å²) in [6.07, 6.45) is 18.6. The number of carboxylic acid groups (broad SMARTS) is 2. The van der Waals surface area contributed by atoms with Crippen molar-refractivity contribution in [2.24, 2.45) is 11.8 Å². The molecule has 4 atom stereocenters. The van der Waals surface area contributed by atoms with Gasteiger partial charge in [0.1, 0.15) is 11.6 Å². The van der Waals surface area contributed by atoms with Crippen LogP contribution in [0.3, 0.4) is 0 Å². The summed E-state index contributed by atoms with van der Waals surface area (Å²) in [5.41, 5.74) is 0. The average Bonchev–Trinajstić information content (AvgIpc) is 3.54. The van der Waals surface area contributed by atoms with Gasteiger partial charge in [0.25, 0.3) is 0 Å². The predicted octanol–water partition coefficient (Wildman–Crippen LogP) is 8.46. The van der Waals surface area contributed by atoms with Crippen LogP contribution in [-0.2, 0) is 0 Å². The Labute approximate surface area is 207 Å². The normalized spacial score (nSPS) is 14.1. The van der Waals surface area contributed by atoms with Crippen LogP contribution >= 0.6 is 0 Å². The highest BCUT2D eigenvalue weighted by molar-refractivity contribution is 5.53. The van der Waals surface area contributed by atoms with Gasteiger partial charge in [0.15, 0.2) is 0 Å². The Morgan fingerprint density at radius 3 is 1.29 bits per heavy atom. The van der Waals surface area contributed by atoms with E-state index in [9.17, 15) is 0 Å². The summed E-state index contributed by atoms with van der Waals surface area (Å²) in [4.78, 5) is 23.8. The number of imidazole rings is 2. The lowest BCUT2D eigenvalue weighted by Crippen LogP contribution is -2.08. The molecule has 7 nitrogen and oxygen atoms in total. The highest BCUT2D eigenvalue weighted by Gasteiger charge is 2.17. The minimum absolute atomic E-state index is 0.622. The highest BCUT2D eigenvalue weighted by atomic mass is 16.6. The van der Waals surface area contributed by atoms with Crippen LogP contribution < -0.4 is 0 Å². The van der Waals surface area contributed by atoms with Crippen molar-refractivity contribution in [2.75, 3.05) is 0 Å². The average molecular weight is 479 g/mol. The number of rotatable bonds is 14. The number of aromatic nitrogens is 4. The van der Waals surface area contributed by atoms with Crippen molar-refractivity contribution >= 4 is 6.16 Å². The zero-order chi connectivity index (χ0) is 25.8. The maximum absolute atomic E-state index is 8.56. The Kier molecular flexibility index (Phi) is 18.7. The SMILES string of the molecule is CCCC(CC)CC(CC)c1ncc[nH]1.CCCC(CC)CC(CC)c1ncc[nH]1.O=C(O)O. The smallest absolute Gasteiger partial charge is 0.450 e. The molecular formula is C27H50N4O3. The van der Waals surface area contributed by atoms with Crippen molar-refractivity contribution in [1.82, 2.24) is 19.9 Å². The van der Waals surface area contributed by atoms with Crippen molar-refractivity contribution in [2.45, 2.75) is 118 Å². The molecule has 7 heteroatoms. The maximum atomic E-state index is 8.56. The lowest BCUT2D eigenvalue weighted by atomic mass is 9.87. The Morgan fingerprint density at radius 1 is 0.735 bits per heavy atom. The Morgan fingerprint density at radius 2 is 1.09 bits per heavy atom. The van der Waals surface area contributed by atoms with E-state index in [-0.39, 0.29) is 0 Å². The molecule has 0 saturated heterocycles. The first-order valence-corrected chi connectivity index (χ1v) is 13.3. The minimum Gasteiger partial charge on any atom is -0.450 e. The number of H-pyrrole nitrogens is 2. The fourth-order valence-electron chi connectivity index (χ4n) is 4.54. The molecule has 0 aliphatic rings. The van der Waals surface area contributed by atoms with E-state index in [1.807, 2.05) is 24.8 Å². The van der Waals surface area contributed by atoms with Crippen LogP contribution in [0.5, 0.6) is 0 Å². The number of nitrogens with one attached hydrogen (secondary N) is 2. The van der Waals surface area contributed by atoms with Gasteiger partial charge in [-0.25, -0.2) is 14.8 Å². The molecule has 0 bridgehead atoms. The van der Waals surface area contributed by atoms with Crippen molar-refractivity contribution in [3.8, 4) is 0 Å². The summed E-state index contributed by atoms with van der Waals surface area (Å²) < 4.78 is 0. The number of nitrogens with zero attached hydrogens (tertiary/aromatic N) is 2. The summed E-state index contributed by atoms with van der Waals surface area (Å²) in [5.74, 6) is 5.32. The standard InChI is InChI=1S/2C13H24N2.CH2O3/c2*1-4-7-11(5-2)10-12(6-3)13-14-8-9-15-13;2-1(3)4/h2*8-9,11-12H,4-7,10H2,1-3H3,(H,14,15);(H2,2,3,4). The van der Waals surface area contributed by atoms with Gasteiger partial charge in [-0.1, -0.05) is 80.1 Å². The molecule has 0 amide bonds. The summed E-state index contributed by atoms with van der Waals surface area (Å²) >= 11 is 0. The molecule has 0 saturated carbocycles. The van der Waals surface area contributed by atoms with Gasteiger partial charge in [-0.05, 0) is 37.5 Å². The van der Waals surface area contributed by atoms with Crippen LogP contribution in [0.2, 0.25) is 0 Å². The van der Waals surface area contributed by atoms with Gasteiger partial charge in [0.05, 0.1) is 0 Å². The Balaban J connectivity index is 0.000000554. The van der Waals surface area contributed by atoms with E-state index in [0.717, 1.165) is 11.8 Å². The topological polar surface area (TPSA) is 115 Å². The Bertz CT molecular complexity index is 631. The first kappa shape index (κ1) is 31.7. The lowest BCUT2D eigenvalue weighted by molar-refractivity contribution is 0.137. The highest BCUT2D eigenvalue weighted by Crippen LogP contribution is 2.29. The number of hydrogen-bond acceptors (Lipinski definition) is 3. The second-order valence-electron chi connectivity index (χ2n) is 9.04. The van der Waals surface area contributed by atoms with Gasteiger partial charge in [-0.3, -0.25) is 0 Å². The molecule has 2 rings (SSSR count). The lowest BCUT2D eigenvalue weighted by Gasteiger charge is -2.19. The third-order valence-corrected chi connectivity index (χ3v) is 6.58. The molecule has 0 aliphatic carbocycles. The third kappa shape index (κ3) is 14.1. The molecule has 0 spiro atoms. The van der Waals surface area contributed by atoms with E-state index < -0.39 is 6.16 Å². The van der Waals surface area contributed by atoms with E-state index in [0.29, 0.717) is 11.8 Å². The quantitative estimate of drug-likeness (QED) is 0.217. The predicted molar refractivity (Wildman–Crippen MR) is 141 cm³/mol. The molecule has 4 unspecified atom stereocenters. The van der Waals surface area contributed by atoms with Gasteiger partial charge in [0.2, 0.25) is 0 Å². The fraction of sp³-hybridized carbons (Fsp3) is 0.741. The van der Waals surface area contributed by atoms with Crippen molar-refractivity contribution < 1.29 is 15.0 Å². The third-order valence-electron chi connectivity index (χ3n) is 6.58. The second-order valence-corrected chi connectivity index (χ2v) is 9.04. The van der Waals surface area contributed by atoms with Gasteiger partial charge < -0.3 is 20.2 Å². The van der Waals surface area contributed by atoms with Gasteiger partial charge in [0, 0.05) is 36.6 Å². The van der Waals surface area contributed by atoms with Crippen molar-refractivity contribution in [3.05, 3.63) is 36.4 Å². The molecular weight excluding hydrogens is 428 g/mol. The van der Waals surface area contributed by atoms with Crippen LogP contribution in [0.25, 0.3) is 0 Å². The minimum atomic E-state index is -1.83. The summed E-state index contributed by atoms with van der Waals surface area (Å²) in [5, 5.41) is 13.9. The molecule has 2 heterocycles. The van der Waals surface area contributed by atoms with Gasteiger partial charge >= 0.3 is 6.16 Å². The Hall–Kier alpha value is -2.31. The zero-order valence-electron chi connectivity index (χ0n) is 22.4. The van der Waals surface area contributed by atoms with Gasteiger partial charge in [-0.2, -0.15) is 0 Å². The molecule has 196 valence electrons. The number of hydrogen-bond donors (Lipinski definition) is 4. The molecule has 0 aromatic carbocycles. The first-order valence-electron chi connectivity index (χ1n) is 13.3. The second kappa shape index (κ2) is 20.1. The summed E-state index contributed by atoms with van der Waals surface area (Å²) in [6.45, 7) is 13.7. The van der Waals surface area contributed by atoms with Crippen molar-refractivity contribution in [1.29, 1.82) is 0 Å². The summed E-state index contributed by atoms with van der Waals surface area (Å²) in [7, 11) is 0. The van der Waals surface area contributed by atoms with Gasteiger partial charge in [-0.15, -0.1) is 0 Å². The fourth-order valence-corrected chi connectivity index (χ4v) is 4.54. The first-order chi connectivity index (χ1) is 16.4. The van der Waals surface area contributed by atoms with Crippen LogP contribution in [0, 0.1) is 11.8 Å². The zero-order valence-corrected chi connectivity index (χ0v) is 22.4. The number of carbonyl (C=O) groups is 1. The van der Waals surface area contributed by atoms with Crippen molar-refractivity contribution in [3.63, 3.8) is 0 Å². The van der Waals surface area contributed by atoms with Crippen LogP contribution in [0.1, 0.15) is 129 Å². The number of aromatic amines is 2.